The number of aromatic nitrogens is 1. The number of nitrogens with one attached hydrogen (secondary N) is 1. The van der Waals surface area contributed by atoms with Crippen LogP contribution >= 0.6 is 11.8 Å². The summed E-state index contributed by atoms with van der Waals surface area (Å²) in [6.07, 6.45) is 6.15. The minimum atomic E-state index is 0.144. The number of piperidine rings is 1. The Morgan fingerprint density at radius 3 is 2.81 bits per heavy atom. The first kappa shape index (κ1) is 19.0. The predicted molar refractivity (Wildman–Crippen MR) is 105 cm³/mol. The van der Waals surface area contributed by atoms with Gasteiger partial charge in [0.1, 0.15) is 11.9 Å². The fourth-order valence-corrected chi connectivity index (χ4v) is 4.41. The van der Waals surface area contributed by atoms with Crippen molar-refractivity contribution < 1.29 is 4.79 Å². The molecule has 2 saturated heterocycles. The van der Waals surface area contributed by atoms with Gasteiger partial charge in [-0.1, -0.05) is 0 Å². The third-order valence-corrected chi connectivity index (χ3v) is 5.99. The van der Waals surface area contributed by atoms with E-state index in [0.29, 0.717) is 11.3 Å². The van der Waals surface area contributed by atoms with Gasteiger partial charge >= 0.3 is 0 Å². The highest BCUT2D eigenvalue weighted by Crippen LogP contribution is 2.21. The van der Waals surface area contributed by atoms with Gasteiger partial charge in [-0.15, -0.1) is 0 Å². The van der Waals surface area contributed by atoms with Gasteiger partial charge in [0.2, 0.25) is 5.91 Å². The molecule has 0 saturated carbocycles. The molecule has 6 nitrogen and oxygen atoms in total. The van der Waals surface area contributed by atoms with Crippen LogP contribution in [0, 0.1) is 11.3 Å². The highest BCUT2D eigenvalue weighted by Gasteiger charge is 2.23. The molecule has 26 heavy (non-hydrogen) atoms. The van der Waals surface area contributed by atoms with Gasteiger partial charge in [0.05, 0.1) is 11.3 Å². The van der Waals surface area contributed by atoms with Crippen molar-refractivity contribution in [3.05, 3.63) is 23.9 Å². The van der Waals surface area contributed by atoms with E-state index in [1.807, 2.05) is 0 Å². The predicted octanol–water partition coefficient (Wildman–Crippen LogP) is 1.87. The number of nitrogens with zero attached hydrogens (tertiary/aromatic N) is 4. The number of pyridine rings is 1. The molecule has 3 heterocycles. The molecule has 7 heteroatoms. The number of rotatable bonds is 7. The molecule has 0 aliphatic carbocycles. The highest BCUT2D eigenvalue weighted by molar-refractivity contribution is 7.99. The number of amides is 1. The van der Waals surface area contributed by atoms with E-state index in [1.54, 1.807) is 30.1 Å². The fourth-order valence-electron chi connectivity index (χ4n) is 3.61. The molecule has 2 aliphatic rings. The van der Waals surface area contributed by atoms with Gasteiger partial charge in [-0.2, -0.15) is 17.0 Å². The smallest absolute Gasteiger partial charge is 0.230 e. The van der Waals surface area contributed by atoms with Crippen LogP contribution in [0.4, 0.5) is 5.82 Å². The number of nitriles is 1. The lowest BCUT2D eigenvalue weighted by Crippen LogP contribution is -2.45. The van der Waals surface area contributed by atoms with Gasteiger partial charge in [-0.05, 0) is 50.9 Å². The summed E-state index contributed by atoms with van der Waals surface area (Å²) in [6.45, 7) is 5.17. The second-order valence-corrected chi connectivity index (χ2v) is 8.02. The van der Waals surface area contributed by atoms with Crippen LogP contribution in [0.1, 0.15) is 31.2 Å². The number of carbonyl (C=O) groups is 1. The van der Waals surface area contributed by atoms with Crippen molar-refractivity contribution in [3.63, 3.8) is 0 Å². The van der Waals surface area contributed by atoms with Crippen LogP contribution in [0.25, 0.3) is 0 Å². The molecule has 0 aromatic carbocycles. The summed E-state index contributed by atoms with van der Waals surface area (Å²) in [5, 5.41) is 12.4. The zero-order valence-corrected chi connectivity index (χ0v) is 16.0. The molecular weight excluding hydrogens is 346 g/mol. The maximum Gasteiger partial charge on any atom is 0.230 e. The third kappa shape index (κ3) is 5.36. The van der Waals surface area contributed by atoms with E-state index in [0.717, 1.165) is 44.0 Å². The van der Waals surface area contributed by atoms with Gasteiger partial charge in [-0.25, -0.2) is 4.98 Å². The number of hydrogen-bond donors (Lipinski definition) is 1. The average Bonchev–Trinajstić information content (AvgIpc) is 3.19. The molecule has 0 spiro atoms. The molecule has 0 radical (unpaired) electrons. The molecule has 1 aromatic rings. The first-order chi connectivity index (χ1) is 12.8. The standard InChI is InChI=1S/C19H27N5OS/c20-14-16-4-3-7-21-19(16)24-10-5-17(6-11-24)22-18(25)15-26-13-12-23-8-1-2-9-23/h3-4,7,17H,1-2,5-6,8-13,15H2,(H,22,25). The largest absolute Gasteiger partial charge is 0.355 e. The summed E-state index contributed by atoms with van der Waals surface area (Å²) in [5.41, 5.74) is 0.615. The van der Waals surface area contributed by atoms with Crippen LogP contribution in [-0.2, 0) is 4.79 Å². The number of thioether (sulfide) groups is 1. The van der Waals surface area contributed by atoms with Crippen LogP contribution in [-0.4, -0.2) is 66.1 Å². The van der Waals surface area contributed by atoms with Gasteiger partial charge in [0.15, 0.2) is 0 Å². The highest BCUT2D eigenvalue weighted by atomic mass is 32.2. The summed E-state index contributed by atoms with van der Waals surface area (Å²) in [4.78, 5) is 21.1. The molecule has 2 aliphatic heterocycles. The van der Waals surface area contributed by atoms with Crippen molar-refractivity contribution in [1.29, 1.82) is 5.26 Å². The summed E-state index contributed by atoms with van der Waals surface area (Å²) in [7, 11) is 0. The number of likely N-dealkylation sites (tertiary alicyclic amines) is 1. The van der Waals surface area contributed by atoms with Crippen LogP contribution in [0.15, 0.2) is 18.3 Å². The van der Waals surface area contributed by atoms with E-state index in [4.69, 9.17) is 0 Å². The molecular formula is C19H27N5OS. The Morgan fingerprint density at radius 2 is 2.08 bits per heavy atom. The maximum atomic E-state index is 12.1. The van der Waals surface area contributed by atoms with Crippen molar-refractivity contribution in [1.82, 2.24) is 15.2 Å². The third-order valence-electron chi connectivity index (χ3n) is 5.05. The van der Waals surface area contributed by atoms with E-state index in [9.17, 15) is 10.1 Å². The lowest BCUT2D eigenvalue weighted by molar-refractivity contribution is -0.119. The zero-order chi connectivity index (χ0) is 18.2. The first-order valence-corrected chi connectivity index (χ1v) is 10.6. The molecule has 2 fully saturated rings. The average molecular weight is 374 g/mol. The Bertz CT molecular complexity index is 633. The Labute approximate surface area is 159 Å². The molecule has 1 aromatic heterocycles. The fraction of sp³-hybridized carbons (Fsp3) is 0.632. The lowest BCUT2D eigenvalue weighted by atomic mass is 10.0. The van der Waals surface area contributed by atoms with Crippen molar-refractivity contribution in [2.45, 2.75) is 31.7 Å². The second-order valence-electron chi connectivity index (χ2n) is 6.92. The number of hydrogen-bond acceptors (Lipinski definition) is 6. The first-order valence-electron chi connectivity index (χ1n) is 9.46. The van der Waals surface area contributed by atoms with Crippen molar-refractivity contribution in [3.8, 4) is 6.07 Å². The molecule has 0 atom stereocenters. The van der Waals surface area contributed by atoms with Gasteiger partial charge in [0.25, 0.3) is 0 Å². The number of carbonyl (C=O) groups excluding carboxylic acids is 1. The topological polar surface area (TPSA) is 72.3 Å². The van der Waals surface area contributed by atoms with Crippen LogP contribution in [0.3, 0.4) is 0 Å². The molecule has 0 bridgehead atoms. The van der Waals surface area contributed by atoms with Crippen molar-refractivity contribution >= 4 is 23.5 Å². The van der Waals surface area contributed by atoms with Crippen LogP contribution < -0.4 is 10.2 Å². The normalized spacial score (nSPS) is 18.7. The van der Waals surface area contributed by atoms with Gasteiger partial charge in [-0.3, -0.25) is 4.79 Å². The van der Waals surface area contributed by atoms with E-state index in [-0.39, 0.29) is 11.9 Å². The SMILES string of the molecule is N#Cc1cccnc1N1CCC(NC(=O)CSCCN2CCCC2)CC1. The Hall–Kier alpha value is -1.78. The quantitative estimate of drug-likeness (QED) is 0.736. The summed E-state index contributed by atoms with van der Waals surface area (Å²) >= 11 is 1.73. The Kier molecular flexibility index (Phi) is 7.15. The van der Waals surface area contributed by atoms with E-state index in [1.165, 1.54) is 25.9 Å². The molecule has 140 valence electrons. The van der Waals surface area contributed by atoms with Crippen LogP contribution in [0.2, 0.25) is 0 Å². The Morgan fingerprint density at radius 1 is 1.31 bits per heavy atom. The Balaban J connectivity index is 1.34. The van der Waals surface area contributed by atoms with Gasteiger partial charge in [0, 0.05) is 37.6 Å². The second kappa shape index (κ2) is 9.79. The molecule has 1 N–H and O–H groups in total. The minimum absolute atomic E-state index is 0.144. The molecule has 1 amide bonds. The van der Waals surface area contributed by atoms with Crippen molar-refractivity contribution in [2.24, 2.45) is 0 Å². The molecule has 0 unspecified atom stereocenters. The summed E-state index contributed by atoms with van der Waals surface area (Å²) in [5.74, 6) is 2.48. The summed E-state index contributed by atoms with van der Waals surface area (Å²) in [6, 6.07) is 6.02. The summed E-state index contributed by atoms with van der Waals surface area (Å²) < 4.78 is 0. The van der Waals surface area contributed by atoms with Crippen LogP contribution in [0.5, 0.6) is 0 Å². The van der Waals surface area contributed by atoms with E-state index in [2.05, 4.69) is 26.2 Å². The zero-order valence-electron chi connectivity index (χ0n) is 15.2. The lowest BCUT2D eigenvalue weighted by Gasteiger charge is -2.33. The number of anilines is 1. The minimum Gasteiger partial charge on any atom is -0.355 e. The van der Waals surface area contributed by atoms with Crippen molar-refractivity contribution in [2.75, 3.05) is 49.1 Å². The van der Waals surface area contributed by atoms with E-state index >= 15 is 0 Å². The van der Waals surface area contributed by atoms with E-state index < -0.39 is 0 Å². The molecule has 3 rings (SSSR count). The monoisotopic (exact) mass is 373 g/mol. The van der Waals surface area contributed by atoms with Gasteiger partial charge < -0.3 is 15.1 Å². The maximum absolute atomic E-state index is 12.1.